The molecule has 7 heteroatoms. The second-order valence-electron chi connectivity index (χ2n) is 4.39. The zero-order chi connectivity index (χ0) is 14.8. The molecular weight excluding hydrogens is 288 g/mol. The fraction of sp³-hybridized carbons (Fsp3) is 0.214. The van der Waals surface area contributed by atoms with Crippen molar-refractivity contribution in [1.82, 2.24) is 14.9 Å². The van der Waals surface area contributed by atoms with Crippen LogP contribution in [-0.4, -0.2) is 26.5 Å². The van der Waals surface area contributed by atoms with E-state index in [1.165, 1.54) is 11.8 Å². The molecule has 0 aliphatic rings. The van der Waals surface area contributed by atoms with Crippen molar-refractivity contribution in [3.05, 3.63) is 41.9 Å². The lowest BCUT2D eigenvalue weighted by atomic mass is 10.2. The van der Waals surface area contributed by atoms with Crippen LogP contribution in [0.1, 0.15) is 23.3 Å². The van der Waals surface area contributed by atoms with Crippen molar-refractivity contribution in [2.45, 2.75) is 19.0 Å². The Hall–Kier alpha value is -2.28. The number of aromatic nitrogens is 3. The van der Waals surface area contributed by atoms with Gasteiger partial charge in [0.05, 0.1) is 0 Å². The fourth-order valence-electron chi connectivity index (χ4n) is 1.94. The first-order valence-electron chi connectivity index (χ1n) is 6.54. The molecule has 0 spiro atoms. The highest BCUT2D eigenvalue weighted by Gasteiger charge is 2.16. The molecule has 0 fully saturated rings. The molecule has 0 aliphatic carbocycles. The summed E-state index contributed by atoms with van der Waals surface area (Å²) in [5, 5.41) is 9.54. The standard InChI is InChI=1S/C14H14N4O2S/c1-3-21-14-16-15-9(2)18(14)17-13(19)12-8-10-6-4-5-7-11(10)20-12/h4-8H,3H2,1-2H3,(H,17,19). The minimum absolute atomic E-state index is 0.261. The number of aryl methyl sites for hydroxylation is 1. The van der Waals surface area contributed by atoms with Crippen LogP contribution in [0.5, 0.6) is 0 Å². The summed E-state index contributed by atoms with van der Waals surface area (Å²) in [6.07, 6.45) is 0. The second kappa shape index (κ2) is 5.61. The molecule has 0 radical (unpaired) electrons. The quantitative estimate of drug-likeness (QED) is 0.750. The van der Waals surface area contributed by atoms with Gasteiger partial charge < -0.3 is 4.42 Å². The maximum Gasteiger partial charge on any atom is 0.305 e. The molecule has 1 N–H and O–H groups in total. The molecule has 3 rings (SSSR count). The Morgan fingerprint density at radius 3 is 2.95 bits per heavy atom. The summed E-state index contributed by atoms with van der Waals surface area (Å²) >= 11 is 1.51. The number of hydrogen-bond donors (Lipinski definition) is 1. The van der Waals surface area contributed by atoms with E-state index in [2.05, 4.69) is 15.6 Å². The van der Waals surface area contributed by atoms with Crippen molar-refractivity contribution in [1.29, 1.82) is 0 Å². The number of para-hydroxylation sites is 1. The van der Waals surface area contributed by atoms with E-state index in [0.29, 0.717) is 16.6 Å². The van der Waals surface area contributed by atoms with Crippen molar-refractivity contribution in [2.75, 3.05) is 11.2 Å². The summed E-state index contributed by atoms with van der Waals surface area (Å²) in [6.45, 7) is 3.80. The van der Waals surface area contributed by atoms with E-state index in [0.717, 1.165) is 11.1 Å². The lowest BCUT2D eigenvalue weighted by Gasteiger charge is -2.07. The third-order valence-electron chi connectivity index (χ3n) is 2.93. The Morgan fingerprint density at radius 1 is 1.38 bits per heavy atom. The normalized spacial score (nSPS) is 11.0. The molecule has 3 aromatic rings. The van der Waals surface area contributed by atoms with E-state index in [1.807, 2.05) is 31.2 Å². The fourth-order valence-corrected chi connectivity index (χ4v) is 2.61. The van der Waals surface area contributed by atoms with E-state index in [1.54, 1.807) is 17.7 Å². The van der Waals surface area contributed by atoms with Gasteiger partial charge in [-0.25, -0.2) is 4.68 Å². The lowest BCUT2D eigenvalue weighted by molar-refractivity contribution is 0.0981. The van der Waals surface area contributed by atoms with E-state index in [-0.39, 0.29) is 11.7 Å². The van der Waals surface area contributed by atoms with Crippen LogP contribution in [0.15, 0.2) is 39.9 Å². The number of nitrogens with zero attached hydrogens (tertiary/aromatic N) is 3. The number of nitrogens with one attached hydrogen (secondary N) is 1. The first-order valence-corrected chi connectivity index (χ1v) is 7.52. The monoisotopic (exact) mass is 302 g/mol. The SMILES string of the molecule is CCSc1nnc(C)n1NC(=O)c1cc2ccccc2o1. The summed E-state index contributed by atoms with van der Waals surface area (Å²) in [7, 11) is 0. The van der Waals surface area contributed by atoms with Crippen molar-refractivity contribution in [3.63, 3.8) is 0 Å². The Morgan fingerprint density at radius 2 is 2.19 bits per heavy atom. The minimum atomic E-state index is -0.327. The zero-order valence-electron chi connectivity index (χ0n) is 11.7. The Kier molecular flexibility index (Phi) is 3.66. The van der Waals surface area contributed by atoms with Crippen LogP contribution in [0.2, 0.25) is 0 Å². The van der Waals surface area contributed by atoms with Crippen LogP contribution in [0.3, 0.4) is 0 Å². The average Bonchev–Trinajstić information content (AvgIpc) is 3.05. The van der Waals surface area contributed by atoms with Crippen molar-refractivity contribution >= 4 is 28.6 Å². The lowest BCUT2D eigenvalue weighted by Crippen LogP contribution is -2.24. The molecule has 0 saturated heterocycles. The summed E-state index contributed by atoms with van der Waals surface area (Å²) in [4.78, 5) is 12.3. The molecule has 6 nitrogen and oxygen atoms in total. The van der Waals surface area contributed by atoms with Gasteiger partial charge in [-0.2, -0.15) is 0 Å². The first kappa shape index (κ1) is 13.7. The number of amides is 1. The van der Waals surface area contributed by atoms with Crippen molar-refractivity contribution < 1.29 is 9.21 Å². The number of fused-ring (bicyclic) bond motifs is 1. The van der Waals surface area contributed by atoms with E-state index < -0.39 is 0 Å². The number of hydrogen-bond acceptors (Lipinski definition) is 5. The molecule has 1 aromatic carbocycles. The summed E-state index contributed by atoms with van der Waals surface area (Å²) in [5.74, 6) is 1.40. The van der Waals surface area contributed by atoms with Gasteiger partial charge in [-0.05, 0) is 24.8 Å². The molecule has 108 valence electrons. The molecule has 0 atom stereocenters. The first-order chi connectivity index (χ1) is 10.2. The van der Waals surface area contributed by atoms with Crippen LogP contribution in [0, 0.1) is 6.92 Å². The van der Waals surface area contributed by atoms with Gasteiger partial charge in [-0.15, -0.1) is 10.2 Å². The smallest absolute Gasteiger partial charge is 0.305 e. The maximum absolute atomic E-state index is 12.3. The number of carbonyl (C=O) groups excluding carboxylic acids is 1. The number of carbonyl (C=O) groups is 1. The van der Waals surface area contributed by atoms with Gasteiger partial charge in [-0.1, -0.05) is 36.9 Å². The summed E-state index contributed by atoms with van der Waals surface area (Å²) in [5.41, 5.74) is 3.45. The molecule has 2 heterocycles. The van der Waals surface area contributed by atoms with Crippen LogP contribution in [-0.2, 0) is 0 Å². The van der Waals surface area contributed by atoms with Crippen LogP contribution >= 0.6 is 11.8 Å². The molecule has 21 heavy (non-hydrogen) atoms. The van der Waals surface area contributed by atoms with E-state index in [4.69, 9.17) is 4.42 Å². The van der Waals surface area contributed by atoms with Gasteiger partial charge >= 0.3 is 5.91 Å². The van der Waals surface area contributed by atoms with Crippen molar-refractivity contribution in [3.8, 4) is 0 Å². The van der Waals surface area contributed by atoms with Gasteiger partial charge in [0.1, 0.15) is 11.4 Å². The molecule has 2 aromatic heterocycles. The number of thioether (sulfide) groups is 1. The molecular formula is C14H14N4O2S. The topological polar surface area (TPSA) is 73.0 Å². The van der Waals surface area contributed by atoms with E-state index in [9.17, 15) is 4.79 Å². The van der Waals surface area contributed by atoms with Crippen molar-refractivity contribution in [2.24, 2.45) is 0 Å². The molecule has 0 unspecified atom stereocenters. The highest BCUT2D eigenvalue weighted by Crippen LogP contribution is 2.20. The maximum atomic E-state index is 12.3. The van der Waals surface area contributed by atoms with Crippen LogP contribution < -0.4 is 5.43 Å². The highest BCUT2D eigenvalue weighted by atomic mass is 32.2. The summed E-state index contributed by atoms with van der Waals surface area (Å²) in [6, 6.07) is 9.22. The average molecular weight is 302 g/mol. The number of rotatable bonds is 4. The molecule has 0 bridgehead atoms. The largest absolute Gasteiger partial charge is 0.451 e. The third kappa shape index (κ3) is 2.64. The number of benzene rings is 1. The van der Waals surface area contributed by atoms with E-state index >= 15 is 0 Å². The zero-order valence-corrected chi connectivity index (χ0v) is 12.5. The minimum Gasteiger partial charge on any atom is -0.451 e. The van der Waals surface area contributed by atoms with Crippen LogP contribution in [0.4, 0.5) is 0 Å². The predicted molar refractivity (Wildman–Crippen MR) is 81.1 cm³/mol. The third-order valence-corrected chi connectivity index (χ3v) is 3.74. The molecule has 1 amide bonds. The second-order valence-corrected chi connectivity index (χ2v) is 5.62. The predicted octanol–water partition coefficient (Wildman–Crippen LogP) is 2.83. The number of furan rings is 1. The van der Waals surface area contributed by atoms with Gasteiger partial charge in [0.25, 0.3) is 0 Å². The highest BCUT2D eigenvalue weighted by molar-refractivity contribution is 7.99. The molecule has 0 saturated carbocycles. The van der Waals surface area contributed by atoms with Gasteiger partial charge in [0, 0.05) is 5.39 Å². The van der Waals surface area contributed by atoms with Gasteiger partial charge in [-0.3, -0.25) is 10.2 Å². The Bertz CT molecular complexity index is 760. The molecule has 0 aliphatic heterocycles. The Balaban J connectivity index is 1.87. The summed E-state index contributed by atoms with van der Waals surface area (Å²) < 4.78 is 7.12. The Labute approximate surface area is 125 Å². The van der Waals surface area contributed by atoms with Gasteiger partial charge in [0.2, 0.25) is 5.16 Å². The van der Waals surface area contributed by atoms with Gasteiger partial charge in [0.15, 0.2) is 5.76 Å². The van der Waals surface area contributed by atoms with Crippen LogP contribution in [0.25, 0.3) is 11.0 Å².